The van der Waals surface area contributed by atoms with Crippen LogP contribution in [0.5, 0.6) is 0 Å². The van der Waals surface area contributed by atoms with Crippen molar-refractivity contribution in [3.8, 4) is 11.1 Å². The van der Waals surface area contributed by atoms with Gasteiger partial charge >= 0.3 is 0 Å². The first-order chi connectivity index (χ1) is 20.1. The summed E-state index contributed by atoms with van der Waals surface area (Å²) in [7, 11) is -0.961. The van der Waals surface area contributed by atoms with Gasteiger partial charge in [-0.1, -0.05) is 104 Å². The molecule has 0 radical (unpaired) electrons. The summed E-state index contributed by atoms with van der Waals surface area (Å²) in [5.74, 6) is 1.84. The third-order valence-corrected chi connectivity index (χ3v) is 12.2. The molecule has 2 N–H and O–H groups in total. The Hall–Kier alpha value is -2.82. The zero-order valence-corrected chi connectivity index (χ0v) is 25.9. The molecule has 0 saturated carbocycles. The van der Waals surface area contributed by atoms with Crippen molar-refractivity contribution < 1.29 is 14.5 Å². The Morgan fingerprint density at radius 2 is 1.45 bits per heavy atom. The molecular formula is C38H46O3S. The van der Waals surface area contributed by atoms with Crippen molar-refractivity contribution in [3.05, 3.63) is 107 Å². The highest BCUT2D eigenvalue weighted by molar-refractivity contribution is 7.86. The second-order valence-corrected chi connectivity index (χ2v) is 14.2. The molecule has 3 atom stereocenters. The molecule has 222 valence electrons. The Morgan fingerprint density at radius 3 is 2.17 bits per heavy atom. The number of carbonyl (C=O) groups is 1. The van der Waals surface area contributed by atoms with E-state index in [1.165, 1.54) is 27.8 Å². The lowest BCUT2D eigenvalue weighted by Crippen LogP contribution is -2.32. The number of ketones is 1. The first kappa shape index (κ1) is 30.6. The van der Waals surface area contributed by atoms with E-state index in [1.807, 2.05) is 12.1 Å². The first-order valence-corrected chi connectivity index (χ1v) is 17.3. The molecule has 0 heterocycles. The summed E-state index contributed by atoms with van der Waals surface area (Å²) in [4.78, 5) is 13.3. The smallest absolute Gasteiger partial charge is 0.166 e. The van der Waals surface area contributed by atoms with Gasteiger partial charge in [-0.15, -0.1) is 0 Å². The SMILES string of the molecule is CCCCS(=O)C1(CCCCC2=CCCC(C3CCc4ccccc4C3=O)CC2)c2ccccc2-c2ccccc21.O. The van der Waals surface area contributed by atoms with Crippen LogP contribution < -0.4 is 0 Å². The van der Waals surface area contributed by atoms with Crippen LogP contribution in [-0.4, -0.2) is 21.2 Å². The summed E-state index contributed by atoms with van der Waals surface area (Å²) < 4.78 is 13.8. The molecule has 3 aliphatic rings. The highest BCUT2D eigenvalue weighted by atomic mass is 32.2. The Bertz CT molecular complexity index is 1410. The van der Waals surface area contributed by atoms with Crippen molar-refractivity contribution in [2.75, 3.05) is 5.75 Å². The summed E-state index contributed by atoms with van der Waals surface area (Å²) in [6, 6.07) is 25.6. The van der Waals surface area contributed by atoms with E-state index in [0.717, 1.165) is 88.4 Å². The zero-order valence-electron chi connectivity index (χ0n) is 25.1. The number of hydrogen-bond acceptors (Lipinski definition) is 2. The van der Waals surface area contributed by atoms with Crippen LogP contribution >= 0.6 is 0 Å². The van der Waals surface area contributed by atoms with Crippen molar-refractivity contribution in [1.29, 1.82) is 0 Å². The van der Waals surface area contributed by atoms with Gasteiger partial charge < -0.3 is 5.48 Å². The Morgan fingerprint density at radius 1 is 0.786 bits per heavy atom. The topological polar surface area (TPSA) is 65.6 Å². The van der Waals surface area contributed by atoms with E-state index >= 15 is 0 Å². The standard InChI is InChI=1S/C38H44O2S.H2O/c1-2-3-27-41(40)38(35-20-8-6-18-33(35)34-19-7-9-21-36(34)38)26-11-10-13-28-14-12-16-30(23-22-28)32-25-24-29-15-4-5-17-31(29)37(32)39;/h4-9,14-15,17-21,30,32H,2-3,10-13,16,22-27H2,1H3;1H2. The second kappa shape index (κ2) is 13.7. The van der Waals surface area contributed by atoms with E-state index < -0.39 is 15.5 Å². The van der Waals surface area contributed by atoms with Crippen molar-refractivity contribution in [2.24, 2.45) is 11.8 Å². The molecule has 0 spiro atoms. The van der Waals surface area contributed by atoms with E-state index in [2.05, 4.69) is 73.7 Å². The summed E-state index contributed by atoms with van der Waals surface area (Å²) >= 11 is 0. The summed E-state index contributed by atoms with van der Waals surface area (Å²) in [5, 5.41) is 0. The van der Waals surface area contributed by atoms with Crippen LogP contribution in [0, 0.1) is 11.8 Å². The minimum Gasteiger partial charge on any atom is -0.412 e. The Labute approximate surface area is 254 Å². The molecular weight excluding hydrogens is 536 g/mol. The molecule has 3 unspecified atom stereocenters. The Balaban J connectivity index is 0.00000353. The molecule has 0 amide bonds. The largest absolute Gasteiger partial charge is 0.412 e. The van der Waals surface area contributed by atoms with Gasteiger partial charge in [0.05, 0.1) is 4.75 Å². The van der Waals surface area contributed by atoms with Crippen molar-refractivity contribution in [2.45, 2.75) is 88.7 Å². The van der Waals surface area contributed by atoms with Crippen molar-refractivity contribution in [3.63, 3.8) is 0 Å². The van der Waals surface area contributed by atoms with Crippen LogP contribution in [0.4, 0.5) is 0 Å². The van der Waals surface area contributed by atoms with Gasteiger partial charge in [-0.3, -0.25) is 9.00 Å². The zero-order chi connectivity index (χ0) is 28.2. The molecule has 3 nitrogen and oxygen atoms in total. The molecule has 42 heavy (non-hydrogen) atoms. The predicted octanol–water partition coefficient (Wildman–Crippen LogP) is 8.76. The van der Waals surface area contributed by atoms with Gasteiger partial charge in [0.2, 0.25) is 0 Å². The van der Waals surface area contributed by atoms with Gasteiger partial charge in [0, 0.05) is 28.0 Å². The molecule has 6 rings (SSSR count). The Kier molecular flexibility index (Phi) is 9.96. The molecule has 3 aliphatic carbocycles. The van der Waals surface area contributed by atoms with Gasteiger partial charge in [0.25, 0.3) is 0 Å². The number of hydrogen-bond donors (Lipinski definition) is 0. The molecule has 0 saturated heterocycles. The maximum Gasteiger partial charge on any atom is 0.166 e. The third-order valence-electron chi connectivity index (χ3n) is 10.1. The second-order valence-electron chi connectivity index (χ2n) is 12.4. The molecule has 0 fully saturated rings. The van der Waals surface area contributed by atoms with Crippen LogP contribution in [0.15, 0.2) is 84.4 Å². The van der Waals surface area contributed by atoms with Crippen LogP contribution in [-0.2, 0) is 22.0 Å². The number of rotatable bonds is 10. The summed E-state index contributed by atoms with van der Waals surface area (Å²) in [6.45, 7) is 2.19. The highest BCUT2D eigenvalue weighted by Gasteiger charge is 2.47. The molecule has 0 bridgehead atoms. The van der Waals surface area contributed by atoms with Crippen LogP contribution in [0.25, 0.3) is 11.1 Å². The lowest BCUT2D eigenvalue weighted by Gasteiger charge is -2.31. The maximum absolute atomic E-state index is 14.2. The number of fused-ring (bicyclic) bond motifs is 4. The number of Topliss-reactive ketones (excluding diaryl/α,β-unsaturated/α-hetero) is 1. The predicted molar refractivity (Wildman–Crippen MR) is 175 cm³/mol. The number of unbranched alkanes of at least 4 members (excludes halogenated alkanes) is 2. The fourth-order valence-electron chi connectivity index (χ4n) is 7.91. The van der Waals surface area contributed by atoms with Gasteiger partial charge in [-0.2, -0.15) is 0 Å². The minimum absolute atomic E-state index is 0. The maximum atomic E-state index is 14.2. The average Bonchev–Trinajstić information content (AvgIpc) is 3.11. The lowest BCUT2D eigenvalue weighted by atomic mass is 9.73. The van der Waals surface area contributed by atoms with Crippen LogP contribution in [0.2, 0.25) is 0 Å². The van der Waals surface area contributed by atoms with Gasteiger partial charge in [0.1, 0.15) is 0 Å². The van der Waals surface area contributed by atoms with E-state index in [9.17, 15) is 9.00 Å². The van der Waals surface area contributed by atoms with Gasteiger partial charge in [0.15, 0.2) is 5.78 Å². The third kappa shape index (κ3) is 5.73. The van der Waals surface area contributed by atoms with Gasteiger partial charge in [-0.05, 0) is 97.9 Å². The number of carbonyl (C=O) groups excluding carboxylic acids is 1. The normalized spacial score (nSPS) is 21.3. The van der Waals surface area contributed by atoms with Gasteiger partial charge in [-0.25, -0.2) is 0 Å². The average molecular weight is 583 g/mol. The fourth-order valence-corrected chi connectivity index (χ4v) is 10.0. The number of aryl methyl sites for hydroxylation is 1. The lowest BCUT2D eigenvalue weighted by molar-refractivity contribution is 0.0837. The van der Waals surface area contributed by atoms with Crippen LogP contribution in [0.3, 0.4) is 0 Å². The minimum atomic E-state index is -0.961. The van der Waals surface area contributed by atoms with E-state index in [0.29, 0.717) is 11.7 Å². The van der Waals surface area contributed by atoms with E-state index in [4.69, 9.17) is 0 Å². The molecule has 0 aromatic heterocycles. The highest BCUT2D eigenvalue weighted by Crippen LogP contribution is 2.53. The van der Waals surface area contributed by atoms with E-state index in [1.54, 1.807) is 5.57 Å². The summed E-state index contributed by atoms with van der Waals surface area (Å²) in [6.07, 6.45) is 15.3. The molecule has 3 aromatic rings. The first-order valence-electron chi connectivity index (χ1n) is 16.0. The quantitative estimate of drug-likeness (QED) is 0.177. The summed E-state index contributed by atoms with van der Waals surface area (Å²) in [5.41, 5.74) is 8.86. The molecule has 0 aliphatic heterocycles. The molecule has 4 heteroatoms. The van der Waals surface area contributed by atoms with Crippen molar-refractivity contribution >= 4 is 16.6 Å². The fraction of sp³-hybridized carbons (Fsp3) is 0.447. The molecule has 3 aromatic carbocycles. The number of allylic oxidation sites excluding steroid dienone is 2. The van der Waals surface area contributed by atoms with Crippen molar-refractivity contribution in [1.82, 2.24) is 0 Å². The van der Waals surface area contributed by atoms with E-state index in [-0.39, 0.29) is 11.4 Å². The van der Waals surface area contributed by atoms with Crippen LogP contribution in [0.1, 0.15) is 105 Å². The monoisotopic (exact) mass is 582 g/mol. The number of benzene rings is 3.